The van der Waals surface area contributed by atoms with Gasteiger partial charge in [-0.1, -0.05) is 6.07 Å². The minimum atomic E-state index is -0.498. The van der Waals surface area contributed by atoms with Gasteiger partial charge in [0.1, 0.15) is 0 Å². The standard InChI is InChI=1S/C23H29N3O6/c1-16-5-6-20(19(11-16)26(28)29)32-15-23(27)25-9-7-24(8-10-25)14-18-13-22(31-4)21(30-3)12-17(18)2/h5-6,11-13H,7-10,14-15H2,1-4H3. The Kier molecular flexibility index (Phi) is 7.53. The SMILES string of the molecule is COc1cc(C)c(CN2CCN(C(=O)COc3ccc(C)cc3[N+](=O)[O-])CC2)cc1OC. The summed E-state index contributed by atoms with van der Waals surface area (Å²) in [5.41, 5.74) is 2.90. The normalized spacial score (nSPS) is 14.2. The van der Waals surface area contributed by atoms with Crippen LogP contribution in [-0.4, -0.2) is 67.6 Å². The molecule has 32 heavy (non-hydrogen) atoms. The molecule has 1 heterocycles. The minimum absolute atomic E-state index is 0.108. The molecule has 0 bridgehead atoms. The predicted molar refractivity (Wildman–Crippen MR) is 119 cm³/mol. The Morgan fingerprint density at radius 2 is 1.66 bits per heavy atom. The van der Waals surface area contributed by atoms with Crippen molar-refractivity contribution in [1.29, 1.82) is 0 Å². The Bertz CT molecular complexity index is 986. The zero-order chi connectivity index (χ0) is 23.3. The van der Waals surface area contributed by atoms with Crippen LogP contribution in [-0.2, 0) is 11.3 Å². The van der Waals surface area contributed by atoms with E-state index in [0.717, 1.165) is 36.3 Å². The van der Waals surface area contributed by atoms with Crippen LogP contribution < -0.4 is 14.2 Å². The van der Waals surface area contributed by atoms with E-state index in [-0.39, 0.29) is 24.0 Å². The number of nitro groups is 1. The van der Waals surface area contributed by atoms with Gasteiger partial charge in [0.15, 0.2) is 23.9 Å². The van der Waals surface area contributed by atoms with Crippen LogP contribution in [0.4, 0.5) is 5.69 Å². The van der Waals surface area contributed by atoms with Crippen LogP contribution in [0.2, 0.25) is 0 Å². The van der Waals surface area contributed by atoms with E-state index < -0.39 is 4.92 Å². The minimum Gasteiger partial charge on any atom is -0.493 e. The quantitative estimate of drug-likeness (QED) is 0.457. The maximum atomic E-state index is 12.6. The van der Waals surface area contributed by atoms with Crippen LogP contribution in [0.1, 0.15) is 16.7 Å². The number of carbonyl (C=O) groups excluding carboxylic acids is 1. The molecule has 172 valence electrons. The summed E-state index contributed by atoms with van der Waals surface area (Å²) in [6, 6.07) is 8.66. The van der Waals surface area contributed by atoms with E-state index in [9.17, 15) is 14.9 Å². The Labute approximate surface area is 187 Å². The number of amides is 1. The molecule has 1 saturated heterocycles. The third-order valence-electron chi connectivity index (χ3n) is 5.62. The highest BCUT2D eigenvalue weighted by Crippen LogP contribution is 2.31. The van der Waals surface area contributed by atoms with E-state index in [1.54, 1.807) is 32.1 Å². The summed E-state index contributed by atoms with van der Waals surface area (Å²) in [5.74, 6) is 1.33. The molecule has 3 rings (SSSR count). The second kappa shape index (κ2) is 10.3. The van der Waals surface area contributed by atoms with E-state index in [1.807, 2.05) is 19.1 Å². The van der Waals surface area contributed by atoms with Gasteiger partial charge in [-0.15, -0.1) is 0 Å². The van der Waals surface area contributed by atoms with E-state index in [4.69, 9.17) is 14.2 Å². The number of nitrogens with zero attached hydrogens (tertiary/aromatic N) is 3. The Balaban J connectivity index is 1.54. The third-order valence-corrected chi connectivity index (χ3v) is 5.62. The fourth-order valence-electron chi connectivity index (χ4n) is 3.71. The van der Waals surface area contributed by atoms with Gasteiger partial charge < -0.3 is 19.1 Å². The number of piperazine rings is 1. The number of rotatable bonds is 8. The van der Waals surface area contributed by atoms with Crippen molar-refractivity contribution < 1.29 is 23.9 Å². The highest BCUT2D eigenvalue weighted by molar-refractivity contribution is 5.78. The predicted octanol–water partition coefficient (Wildman–Crippen LogP) is 2.95. The smallest absolute Gasteiger partial charge is 0.311 e. The van der Waals surface area contributed by atoms with Crippen molar-refractivity contribution in [2.45, 2.75) is 20.4 Å². The number of aryl methyl sites for hydroxylation is 2. The van der Waals surface area contributed by atoms with Crippen molar-refractivity contribution in [3.63, 3.8) is 0 Å². The molecule has 1 aliphatic rings. The zero-order valence-corrected chi connectivity index (χ0v) is 18.9. The maximum absolute atomic E-state index is 12.6. The van der Waals surface area contributed by atoms with Crippen molar-refractivity contribution in [3.8, 4) is 17.2 Å². The molecule has 9 nitrogen and oxygen atoms in total. The average molecular weight is 444 g/mol. The van der Waals surface area contributed by atoms with Gasteiger partial charge in [0.25, 0.3) is 5.91 Å². The first-order valence-electron chi connectivity index (χ1n) is 10.4. The van der Waals surface area contributed by atoms with Crippen LogP contribution >= 0.6 is 0 Å². The topological polar surface area (TPSA) is 94.4 Å². The van der Waals surface area contributed by atoms with Gasteiger partial charge in [-0.05, 0) is 48.7 Å². The lowest BCUT2D eigenvalue weighted by Crippen LogP contribution is -2.49. The van der Waals surface area contributed by atoms with Gasteiger partial charge in [-0.2, -0.15) is 0 Å². The highest BCUT2D eigenvalue weighted by atomic mass is 16.6. The second-order valence-corrected chi connectivity index (χ2v) is 7.81. The molecular formula is C23H29N3O6. The van der Waals surface area contributed by atoms with Gasteiger partial charge in [0.2, 0.25) is 0 Å². The van der Waals surface area contributed by atoms with Gasteiger partial charge >= 0.3 is 5.69 Å². The maximum Gasteiger partial charge on any atom is 0.311 e. The van der Waals surface area contributed by atoms with Crippen LogP contribution in [0.25, 0.3) is 0 Å². The second-order valence-electron chi connectivity index (χ2n) is 7.81. The monoisotopic (exact) mass is 443 g/mol. The van der Waals surface area contributed by atoms with E-state index in [1.165, 1.54) is 12.1 Å². The molecule has 0 spiro atoms. The lowest BCUT2D eigenvalue weighted by molar-refractivity contribution is -0.385. The van der Waals surface area contributed by atoms with E-state index >= 15 is 0 Å². The number of methoxy groups -OCH3 is 2. The first-order chi connectivity index (χ1) is 15.3. The first-order valence-corrected chi connectivity index (χ1v) is 10.4. The van der Waals surface area contributed by atoms with Crippen LogP contribution in [0.15, 0.2) is 30.3 Å². The highest BCUT2D eigenvalue weighted by Gasteiger charge is 2.23. The molecule has 0 N–H and O–H groups in total. The van der Waals surface area contributed by atoms with E-state index in [2.05, 4.69) is 4.90 Å². The van der Waals surface area contributed by atoms with Gasteiger partial charge in [-0.25, -0.2) is 0 Å². The molecule has 1 fully saturated rings. The molecule has 0 saturated carbocycles. The zero-order valence-electron chi connectivity index (χ0n) is 18.9. The van der Waals surface area contributed by atoms with Gasteiger partial charge in [-0.3, -0.25) is 19.8 Å². The van der Waals surface area contributed by atoms with Crippen molar-refractivity contribution in [2.24, 2.45) is 0 Å². The number of hydrogen-bond donors (Lipinski definition) is 0. The number of hydrogen-bond acceptors (Lipinski definition) is 7. The number of carbonyl (C=O) groups is 1. The van der Waals surface area contributed by atoms with Crippen LogP contribution in [0.5, 0.6) is 17.2 Å². The molecule has 0 aromatic heterocycles. The lowest BCUT2D eigenvalue weighted by atomic mass is 10.1. The molecule has 0 radical (unpaired) electrons. The number of benzene rings is 2. The molecule has 0 atom stereocenters. The molecular weight excluding hydrogens is 414 g/mol. The van der Waals surface area contributed by atoms with Gasteiger partial charge in [0.05, 0.1) is 19.1 Å². The molecule has 1 amide bonds. The fraction of sp³-hybridized carbons (Fsp3) is 0.435. The van der Waals surface area contributed by atoms with Crippen molar-refractivity contribution in [2.75, 3.05) is 47.0 Å². The van der Waals surface area contributed by atoms with Gasteiger partial charge in [0, 0.05) is 38.8 Å². The molecule has 0 unspecified atom stereocenters. The molecule has 1 aliphatic heterocycles. The summed E-state index contributed by atoms with van der Waals surface area (Å²) in [7, 11) is 3.24. The lowest BCUT2D eigenvalue weighted by Gasteiger charge is -2.35. The van der Waals surface area contributed by atoms with Crippen LogP contribution in [0.3, 0.4) is 0 Å². The summed E-state index contributed by atoms with van der Waals surface area (Å²) >= 11 is 0. The Morgan fingerprint density at radius 3 is 2.28 bits per heavy atom. The molecule has 0 aliphatic carbocycles. The average Bonchev–Trinajstić information content (AvgIpc) is 2.79. The Morgan fingerprint density at radius 1 is 1.00 bits per heavy atom. The first kappa shape index (κ1) is 23.3. The third kappa shape index (κ3) is 5.47. The molecule has 9 heteroatoms. The molecule has 2 aromatic carbocycles. The largest absolute Gasteiger partial charge is 0.493 e. The summed E-state index contributed by atoms with van der Waals surface area (Å²) in [5, 5.41) is 11.2. The van der Waals surface area contributed by atoms with Crippen molar-refractivity contribution in [1.82, 2.24) is 9.80 Å². The fourth-order valence-corrected chi connectivity index (χ4v) is 3.71. The van der Waals surface area contributed by atoms with Crippen LogP contribution in [0, 0.1) is 24.0 Å². The summed E-state index contributed by atoms with van der Waals surface area (Å²) in [6.07, 6.45) is 0. The van der Waals surface area contributed by atoms with Crippen molar-refractivity contribution in [3.05, 3.63) is 57.1 Å². The van der Waals surface area contributed by atoms with E-state index in [0.29, 0.717) is 24.6 Å². The summed E-state index contributed by atoms with van der Waals surface area (Å²) in [6.45, 7) is 6.94. The number of ether oxygens (including phenoxy) is 3. The number of nitro benzene ring substituents is 1. The summed E-state index contributed by atoms with van der Waals surface area (Å²) < 4.78 is 16.2. The van der Waals surface area contributed by atoms with Crippen molar-refractivity contribution >= 4 is 11.6 Å². The Hall–Kier alpha value is -3.33. The summed E-state index contributed by atoms with van der Waals surface area (Å²) in [4.78, 5) is 27.3. The molecule has 2 aromatic rings.